The summed E-state index contributed by atoms with van der Waals surface area (Å²) < 4.78 is 25.6. The van der Waals surface area contributed by atoms with Crippen molar-refractivity contribution < 1.29 is 24.1 Å². The molecule has 1 aromatic carbocycles. The lowest BCUT2D eigenvalue weighted by Gasteiger charge is -2.21. The van der Waals surface area contributed by atoms with Crippen molar-refractivity contribution in [2.45, 2.75) is 26.0 Å². The van der Waals surface area contributed by atoms with Crippen LogP contribution < -0.4 is 10.8 Å². The molecule has 0 atom stereocenters. The number of aliphatic imine (C=N–C) groups is 1. The average Bonchev–Trinajstić information content (AvgIpc) is 3.43. The van der Waals surface area contributed by atoms with Gasteiger partial charge in [-0.2, -0.15) is 0 Å². The average molecular weight is 513 g/mol. The molecule has 0 aliphatic rings. The lowest BCUT2D eigenvalue weighted by molar-refractivity contribution is -0.0398. The molecule has 4 N–H and O–H groups in total. The van der Waals surface area contributed by atoms with E-state index in [9.17, 15) is 9.60 Å². The van der Waals surface area contributed by atoms with Gasteiger partial charge in [0, 0.05) is 6.54 Å². The highest BCUT2D eigenvalue weighted by molar-refractivity contribution is 9.10. The van der Waals surface area contributed by atoms with Crippen LogP contribution in [0.25, 0.3) is 0 Å². The standard InChI is InChI=1S/C18H22BrFN8O4/c1-18(2,31-8-7-29)14-10-28(27-23-14)6-5-21-16-15(25-32-26-16)17(24-30)22-11-3-4-13(20)12(19)9-11/h3-4,9-10,29-30H,5-8H2,1-2H3,(H,21,26)(H,22,24). The molecule has 2 aromatic heterocycles. The number of aromatic nitrogens is 5. The SMILES string of the molecule is CC(C)(OCCO)c1cn(CCNc2nonc2C(=Nc2ccc(F)c(Br)c2)NO)nn1. The lowest BCUT2D eigenvalue weighted by Crippen LogP contribution is -2.24. The quantitative estimate of drug-likeness (QED) is 0.180. The lowest BCUT2D eigenvalue weighted by atomic mass is 10.1. The zero-order valence-electron chi connectivity index (χ0n) is 17.3. The van der Waals surface area contributed by atoms with Crippen LogP contribution in [-0.4, -0.2) is 61.2 Å². The van der Waals surface area contributed by atoms with Crippen LogP contribution in [0, 0.1) is 5.82 Å². The number of nitrogens with one attached hydrogen (secondary N) is 2. The van der Waals surface area contributed by atoms with E-state index in [2.05, 4.69) is 46.9 Å². The summed E-state index contributed by atoms with van der Waals surface area (Å²) in [4.78, 5) is 4.20. The molecule has 2 heterocycles. The first-order chi connectivity index (χ1) is 15.3. The molecule has 0 bridgehead atoms. The molecule has 0 amide bonds. The summed E-state index contributed by atoms with van der Waals surface area (Å²) in [5, 5.41) is 37.2. The van der Waals surface area contributed by atoms with Crippen LogP contribution in [0.3, 0.4) is 0 Å². The van der Waals surface area contributed by atoms with Crippen LogP contribution in [-0.2, 0) is 16.9 Å². The largest absolute Gasteiger partial charge is 0.394 e. The first-order valence-electron chi connectivity index (χ1n) is 9.50. The monoisotopic (exact) mass is 512 g/mol. The first-order valence-corrected chi connectivity index (χ1v) is 10.3. The molecule has 0 saturated carbocycles. The van der Waals surface area contributed by atoms with Gasteiger partial charge in [0.25, 0.3) is 0 Å². The van der Waals surface area contributed by atoms with E-state index in [0.717, 1.165) is 0 Å². The summed E-state index contributed by atoms with van der Waals surface area (Å²) >= 11 is 3.09. The number of ether oxygens (including phenoxy) is 1. The molecule has 0 unspecified atom stereocenters. The number of hydroxylamine groups is 1. The predicted molar refractivity (Wildman–Crippen MR) is 114 cm³/mol. The van der Waals surface area contributed by atoms with Crippen molar-refractivity contribution in [1.29, 1.82) is 0 Å². The van der Waals surface area contributed by atoms with E-state index in [4.69, 9.17) is 14.5 Å². The Balaban J connectivity index is 1.65. The van der Waals surface area contributed by atoms with Crippen LogP contribution in [0.4, 0.5) is 15.9 Å². The van der Waals surface area contributed by atoms with Gasteiger partial charge in [0.1, 0.15) is 17.1 Å². The van der Waals surface area contributed by atoms with Gasteiger partial charge < -0.3 is 15.2 Å². The second-order valence-electron chi connectivity index (χ2n) is 7.01. The molecule has 12 nitrogen and oxygen atoms in total. The molecule has 0 radical (unpaired) electrons. The normalized spacial score (nSPS) is 12.2. The minimum atomic E-state index is -0.689. The number of hydrogen-bond acceptors (Lipinski definition) is 10. The molecule has 32 heavy (non-hydrogen) atoms. The van der Waals surface area contributed by atoms with E-state index < -0.39 is 11.4 Å². The third-order valence-corrected chi connectivity index (χ3v) is 4.91. The van der Waals surface area contributed by atoms with E-state index >= 15 is 0 Å². The minimum Gasteiger partial charge on any atom is -0.394 e. The molecule has 3 rings (SSSR count). The predicted octanol–water partition coefficient (Wildman–Crippen LogP) is 1.98. The molecular formula is C18H22BrFN8O4. The molecule has 3 aromatic rings. The Bertz CT molecular complexity index is 1070. The van der Waals surface area contributed by atoms with Crippen LogP contribution in [0.2, 0.25) is 0 Å². The van der Waals surface area contributed by atoms with Crippen LogP contribution in [0.15, 0.2) is 38.5 Å². The highest BCUT2D eigenvalue weighted by Crippen LogP contribution is 2.24. The zero-order chi connectivity index (χ0) is 23.1. The summed E-state index contributed by atoms with van der Waals surface area (Å²) in [7, 11) is 0. The Morgan fingerprint density at radius 2 is 2.19 bits per heavy atom. The maximum Gasteiger partial charge on any atom is 0.202 e. The Hall–Kier alpha value is -2.94. The number of aliphatic hydroxyl groups excluding tert-OH is 1. The van der Waals surface area contributed by atoms with Crippen LogP contribution in [0.1, 0.15) is 25.2 Å². The van der Waals surface area contributed by atoms with E-state index in [0.29, 0.717) is 24.5 Å². The summed E-state index contributed by atoms with van der Waals surface area (Å²) in [5.74, 6) is -0.246. The Morgan fingerprint density at radius 3 is 2.91 bits per heavy atom. The number of amidine groups is 1. The maximum atomic E-state index is 13.4. The minimum absolute atomic E-state index is 0.0434. The second-order valence-corrected chi connectivity index (χ2v) is 7.86. The van der Waals surface area contributed by atoms with Gasteiger partial charge in [-0.25, -0.2) is 14.0 Å². The number of nitrogens with zero attached hydrogens (tertiary/aromatic N) is 6. The molecule has 0 fully saturated rings. The topological polar surface area (TPSA) is 156 Å². The highest BCUT2D eigenvalue weighted by atomic mass is 79.9. The van der Waals surface area contributed by atoms with Crippen molar-refractivity contribution in [1.82, 2.24) is 30.8 Å². The maximum absolute atomic E-state index is 13.4. The van der Waals surface area contributed by atoms with Crippen molar-refractivity contribution in [3.8, 4) is 0 Å². The van der Waals surface area contributed by atoms with Crippen molar-refractivity contribution in [2.75, 3.05) is 25.1 Å². The molecule has 172 valence electrons. The van der Waals surface area contributed by atoms with Gasteiger partial charge in [0.05, 0.1) is 36.1 Å². The number of aliphatic hydroxyl groups is 1. The van der Waals surface area contributed by atoms with Crippen molar-refractivity contribution in [3.05, 3.63) is 46.1 Å². The number of halogens is 2. The molecule has 0 spiro atoms. The van der Waals surface area contributed by atoms with E-state index in [1.807, 2.05) is 19.3 Å². The number of benzene rings is 1. The van der Waals surface area contributed by atoms with Crippen molar-refractivity contribution in [3.63, 3.8) is 0 Å². The fourth-order valence-electron chi connectivity index (χ4n) is 2.62. The van der Waals surface area contributed by atoms with Gasteiger partial charge in [-0.15, -0.1) is 5.10 Å². The molecular weight excluding hydrogens is 491 g/mol. The van der Waals surface area contributed by atoms with Gasteiger partial charge in [-0.3, -0.25) is 15.4 Å². The van der Waals surface area contributed by atoms with Crippen molar-refractivity contribution in [2.24, 2.45) is 4.99 Å². The van der Waals surface area contributed by atoms with Gasteiger partial charge in [0.2, 0.25) is 5.82 Å². The Kier molecular flexibility index (Phi) is 7.84. The Morgan fingerprint density at radius 1 is 1.38 bits per heavy atom. The van der Waals surface area contributed by atoms with Crippen LogP contribution in [0.5, 0.6) is 0 Å². The molecule has 0 saturated heterocycles. The smallest absolute Gasteiger partial charge is 0.202 e. The summed E-state index contributed by atoms with van der Waals surface area (Å²) in [6.45, 7) is 4.60. The molecule has 0 aliphatic heterocycles. The van der Waals surface area contributed by atoms with Gasteiger partial charge in [-0.05, 0) is 58.3 Å². The molecule has 0 aliphatic carbocycles. The molecule has 14 heteroatoms. The second kappa shape index (κ2) is 10.6. The summed E-state index contributed by atoms with van der Waals surface area (Å²) in [5.41, 5.74) is 2.38. The van der Waals surface area contributed by atoms with E-state index in [1.165, 1.54) is 18.2 Å². The third kappa shape index (κ3) is 5.85. The van der Waals surface area contributed by atoms with Gasteiger partial charge >= 0.3 is 0 Å². The number of rotatable bonds is 10. The van der Waals surface area contributed by atoms with Gasteiger partial charge in [0.15, 0.2) is 11.5 Å². The third-order valence-electron chi connectivity index (χ3n) is 4.31. The van der Waals surface area contributed by atoms with Gasteiger partial charge in [-0.1, -0.05) is 5.21 Å². The summed E-state index contributed by atoms with van der Waals surface area (Å²) in [6, 6.07) is 4.12. The Labute approximate surface area is 190 Å². The summed E-state index contributed by atoms with van der Waals surface area (Å²) in [6.07, 6.45) is 1.75. The van der Waals surface area contributed by atoms with Crippen LogP contribution >= 0.6 is 15.9 Å². The number of hydrogen-bond donors (Lipinski definition) is 4. The zero-order valence-corrected chi connectivity index (χ0v) is 18.9. The fourth-order valence-corrected chi connectivity index (χ4v) is 2.99. The number of anilines is 1. The van der Waals surface area contributed by atoms with E-state index in [-0.39, 0.29) is 35.0 Å². The van der Waals surface area contributed by atoms with Crippen molar-refractivity contribution >= 4 is 33.3 Å². The van der Waals surface area contributed by atoms with E-state index in [1.54, 1.807) is 10.9 Å². The fraction of sp³-hybridized carbons (Fsp3) is 0.389. The highest BCUT2D eigenvalue weighted by Gasteiger charge is 2.25. The first kappa shape index (κ1) is 23.7.